The number of rotatable bonds is 7. The Kier molecular flexibility index (Phi) is 5.67. The number of esters is 1. The number of carbonyl (C=O) groups is 1. The van der Waals surface area contributed by atoms with Gasteiger partial charge in [0.25, 0.3) is 0 Å². The van der Waals surface area contributed by atoms with E-state index in [0.717, 1.165) is 38.4 Å². The predicted octanol–water partition coefficient (Wildman–Crippen LogP) is 2.57. The van der Waals surface area contributed by atoms with Gasteiger partial charge in [0.1, 0.15) is 5.54 Å². The maximum Gasteiger partial charge on any atom is 0.326 e. The first-order chi connectivity index (χ1) is 10.0. The second-order valence-corrected chi connectivity index (χ2v) is 7.18. The van der Waals surface area contributed by atoms with Crippen molar-refractivity contribution in [3.05, 3.63) is 0 Å². The maximum absolute atomic E-state index is 12.4. The molecule has 21 heavy (non-hydrogen) atoms. The Morgan fingerprint density at radius 1 is 1.33 bits per heavy atom. The fourth-order valence-electron chi connectivity index (χ4n) is 3.90. The Labute approximate surface area is 129 Å². The number of likely N-dealkylation sites (N-methyl/N-ethyl adjacent to an activating group) is 1. The Morgan fingerprint density at radius 2 is 2.05 bits per heavy atom. The van der Waals surface area contributed by atoms with Crippen molar-refractivity contribution >= 4 is 5.97 Å². The molecule has 4 heteroatoms. The molecule has 0 saturated heterocycles. The van der Waals surface area contributed by atoms with Gasteiger partial charge < -0.3 is 10.1 Å². The fourth-order valence-corrected chi connectivity index (χ4v) is 3.90. The molecule has 2 unspecified atom stereocenters. The number of nitrogens with zero attached hydrogens (tertiary/aromatic N) is 1. The zero-order valence-corrected chi connectivity index (χ0v) is 14.2. The van der Waals surface area contributed by atoms with E-state index in [2.05, 4.69) is 31.0 Å². The molecule has 4 nitrogen and oxygen atoms in total. The van der Waals surface area contributed by atoms with Gasteiger partial charge >= 0.3 is 5.97 Å². The van der Waals surface area contributed by atoms with Crippen LogP contribution in [0.2, 0.25) is 0 Å². The third kappa shape index (κ3) is 3.98. The molecule has 0 aromatic rings. The van der Waals surface area contributed by atoms with Gasteiger partial charge in [-0.3, -0.25) is 9.69 Å². The number of carbonyl (C=O) groups excluding carboxylic acids is 1. The first-order valence-corrected chi connectivity index (χ1v) is 8.61. The highest BCUT2D eigenvalue weighted by atomic mass is 16.5. The molecular weight excluding hydrogens is 264 g/mol. The van der Waals surface area contributed by atoms with E-state index in [-0.39, 0.29) is 5.97 Å². The summed E-state index contributed by atoms with van der Waals surface area (Å²) in [5.74, 6) is 0.605. The smallest absolute Gasteiger partial charge is 0.326 e. The molecule has 2 fully saturated rings. The quantitative estimate of drug-likeness (QED) is 0.733. The molecule has 0 amide bonds. The Hall–Kier alpha value is -0.610. The second kappa shape index (κ2) is 7.10. The third-order valence-electron chi connectivity index (χ3n) is 4.88. The first kappa shape index (κ1) is 16.8. The minimum Gasteiger partial charge on any atom is -0.468 e. The Morgan fingerprint density at radius 3 is 2.57 bits per heavy atom. The van der Waals surface area contributed by atoms with E-state index in [4.69, 9.17) is 4.74 Å². The molecule has 0 aromatic heterocycles. The van der Waals surface area contributed by atoms with E-state index < -0.39 is 5.54 Å². The number of nitrogens with one attached hydrogen (secondary N) is 1. The molecular formula is C17H32N2O2. The topological polar surface area (TPSA) is 41.6 Å². The summed E-state index contributed by atoms with van der Waals surface area (Å²) in [6.45, 7) is 8.61. The van der Waals surface area contributed by atoms with Crippen molar-refractivity contribution in [1.82, 2.24) is 10.2 Å². The summed E-state index contributed by atoms with van der Waals surface area (Å²) in [5.41, 5.74) is -0.462. The van der Waals surface area contributed by atoms with Crippen molar-refractivity contribution in [2.45, 2.75) is 76.9 Å². The van der Waals surface area contributed by atoms with Crippen LogP contribution in [-0.4, -0.2) is 48.7 Å². The van der Waals surface area contributed by atoms with Gasteiger partial charge in [-0.25, -0.2) is 0 Å². The van der Waals surface area contributed by atoms with Crippen molar-refractivity contribution in [1.29, 1.82) is 0 Å². The summed E-state index contributed by atoms with van der Waals surface area (Å²) in [4.78, 5) is 15.0. The SMILES string of the molecule is CCNC1(C(=O)OC)CCCC(N(CC(C)C)C2CC2)C1. The average molecular weight is 296 g/mol. The molecule has 0 bridgehead atoms. The summed E-state index contributed by atoms with van der Waals surface area (Å²) in [7, 11) is 1.51. The number of hydrogen-bond acceptors (Lipinski definition) is 4. The lowest BCUT2D eigenvalue weighted by atomic mass is 9.78. The number of hydrogen-bond donors (Lipinski definition) is 1. The molecule has 2 aliphatic rings. The van der Waals surface area contributed by atoms with Crippen molar-refractivity contribution < 1.29 is 9.53 Å². The van der Waals surface area contributed by atoms with Gasteiger partial charge in [-0.1, -0.05) is 20.8 Å². The van der Waals surface area contributed by atoms with Crippen LogP contribution in [0.4, 0.5) is 0 Å². The molecule has 2 atom stereocenters. The van der Waals surface area contributed by atoms with Crippen molar-refractivity contribution in [2.24, 2.45) is 5.92 Å². The first-order valence-electron chi connectivity index (χ1n) is 8.61. The minimum atomic E-state index is -0.462. The molecule has 1 N–H and O–H groups in total. The minimum absolute atomic E-state index is 0.0747. The lowest BCUT2D eigenvalue weighted by Crippen LogP contribution is -2.59. The van der Waals surface area contributed by atoms with Gasteiger partial charge in [0.15, 0.2) is 0 Å². The Bertz CT molecular complexity index is 351. The maximum atomic E-state index is 12.4. The lowest BCUT2D eigenvalue weighted by molar-refractivity contribution is -0.151. The predicted molar refractivity (Wildman–Crippen MR) is 85.2 cm³/mol. The zero-order chi connectivity index (χ0) is 15.5. The van der Waals surface area contributed by atoms with Crippen LogP contribution in [0.5, 0.6) is 0 Å². The van der Waals surface area contributed by atoms with E-state index in [1.807, 2.05) is 0 Å². The van der Waals surface area contributed by atoms with Crippen molar-refractivity contribution in [2.75, 3.05) is 20.2 Å². The fraction of sp³-hybridized carbons (Fsp3) is 0.941. The highest BCUT2D eigenvalue weighted by molar-refractivity contribution is 5.81. The highest BCUT2D eigenvalue weighted by Crippen LogP contribution is 2.38. The average Bonchev–Trinajstić information content (AvgIpc) is 3.28. The monoisotopic (exact) mass is 296 g/mol. The van der Waals surface area contributed by atoms with Crippen molar-refractivity contribution in [3.8, 4) is 0 Å². The standard InChI is InChI=1S/C17H32N2O2/c1-5-18-17(16(20)21-4)10-6-7-15(11-17)19(12-13(2)3)14-8-9-14/h13-15,18H,5-12H2,1-4H3. The van der Waals surface area contributed by atoms with Crippen LogP contribution in [-0.2, 0) is 9.53 Å². The highest BCUT2D eigenvalue weighted by Gasteiger charge is 2.46. The van der Waals surface area contributed by atoms with Gasteiger partial charge in [0, 0.05) is 18.6 Å². The summed E-state index contributed by atoms with van der Waals surface area (Å²) >= 11 is 0. The molecule has 2 saturated carbocycles. The van der Waals surface area contributed by atoms with E-state index in [0.29, 0.717) is 12.0 Å². The summed E-state index contributed by atoms with van der Waals surface area (Å²) < 4.78 is 5.11. The van der Waals surface area contributed by atoms with Gasteiger partial charge in [-0.05, 0) is 51.0 Å². The summed E-state index contributed by atoms with van der Waals surface area (Å²) in [6.07, 6.45) is 6.79. The third-order valence-corrected chi connectivity index (χ3v) is 4.88. The molecule has 0 aromatic carbocycles. The van der Waals surface area contributed by atoms with E-state index in [9.17, 15) is 4.79 Å². The van der Waals surface area contributed by atoms with Gasteiger partial charge in [0.05, 0.1) is 7.11 Å². The van der Waals surface area contributed by atoms with Gasteiger partial charge in [-0.15, -0.1) is 0 Å². The van der Waals surface area contributed by atoms with Crippen molar-refractivity contribution in [3.63, 3.8) is 0 Å². The normalized spacial score (nSPS) is 29.9. The number of ether oxygens (including phenoxy) is 1. The van der Waals surface area contributed by atoms with Crippen LogP contribution in [0.1, 0.15) is 59.3 Å². The molecule has 122 valence electrons. The second-order valence-electron chi connectivity index (χ2n) is 7.18. The van der Waals surface area contributed by atoms with E-state index in [1.165, 1.54) is 26.4 Å². The van der Waals surface area contributed by atoms with E-state index in [1.54, 1.807) is 0 Å². The van der Waals surface area contributed by atoms with Crippen LogP contribution in [0, 0.1) is 5.92 Å². The van der Waals surface area contributed by atoms with Crippen LogP contribution in [0.25, 0.3) is 0 Å². The van der Waals surface area contributed by atoms with Gasteiger partial charge in [0.2, 0.25) is 0 Å². The van der Waals surface area contributed by atoms with E-state index >= 15 is 0 Å². The summed E-state index contributed by atoms with van der Waals surface area (Å²) in [6, 6.07) is 1.28. The number of methoxy groups -OCH3 is 1. The van der Waals surface area contributed by atoms with Crippen LogP contribution in [0.15, 0.2) is 0 Å². The van der Waals surface area contributed by atoms with Crippen LogP contribution < -0.4 is 5.32 Å². The lowest BCUT2D eigenvalue weighted by Gasteiger charge is -2.44. The summed E-state index contributed by atoms with van der Waals surface area (Å²) in [5, 5.41) is 3.44. The molecule has 0 spiro atoms. The van der Waals surface area contributed by atoms with Crippen LogP contribution in [0.3, 0.4) is 0 Å². The molecule has 0 heterocycles. The molecule has 0 aliphatic heterocycles. The largest absolute Gasteiger partial charge is 0.468 e. The van der Waals surface area contributed by atoms with Gasteiger partial charge in [-0.2, -0.15) is 0 Å². The Balaban J connectivity index is 2.11. The molecule has 2 rings (SSSR count). The van der Waals surface area contributed by atoms with Crippen LogP contribution >= 0.6 is 0 Å². The molecule has 2 aliphatic carbocycles. The zero-order valence-electron chi connectivity index (χ0n) is 14.2. The molecule has 0 radical (unpaired) electrons.